The number of aromatic nitrogens is 2. The van der Waals surface area contributed by atoms with Gasteiger partial charge < -0.3 is 9.55 Å². The van der Waals surface area contributed by atoms with E-state index < -0.39 is 0 Å². The third kappa shape index (κ3) is 4.51. The van der Waals surface area contributed by atoms with Gasteiger partial charge in [0.1, 0.15) is 0 Å². The predicted octanol–water partition coefficient (Wildman–Crippen LogP) is 2.85. The molecule has 3 nitrogen and oxygen atoms in total. The summed E-state index contributed by atoms with van der Waals surface area (Å²) in [5, 5.41) is 0. The van der Waals surface area contributed by atoms with Crippen LogP contribution in [0.3, 0.4) is 0 Å². The summed E-state index contributed by atoms with van der Waals surface area (Å²) in [6.45, 7) is 10.00. The molecule has 17 heavy (non-hydrogen) atoms. The molecule has 0 radical (unpaired) electrons. The van der Waals surface area contributed by atoms with E-state index in [1.54, 1.807) is 11.6 Å². The summed E-state index contributed by atoms with van der Waals surface area (Å²) in [7, 11) is 1.73. The van der Waals surface area contributed by atoms with Crippen molar-refractivity contribution in [3.05, 3.63) is 34.2 Å². The van der Waals surface area contributed by atoms with Crippen molar-refractivity contribution in [2.75, 3.05) is 0 Å². The first kappa shape index (κ1) is 18.5. The van der Waals surface area contributed by atoms with Crippen molar-refractivity contribution in [3.63, 3.8) is 0 Å². The van der Waals surface area contributed by atoms with Crippen molar-refractivity contribution in [2.45, 2.75) is 34.6 Å². The number of hydrogen-bond acceptors (Lipinski definition) is 1. The number of fused-ring (bicyclic) bond motifs is 1. The van der Waals surface area contributed by atoms with Gasteiger partial charge >= 0.3 is 0 Å². The molecule has 0 amide bonds. The van der Waals surface area contributed by atoms with E-state index in [0.717, 1.165) is 16.6 Å². The number of rotatable bonds is 0. The van der Waals surface area contributed by atoms with Gasteiger partial charge in [0.2, 0.25) is 0 Å². The fourth-order valence-corrected chi connectivity index (χ4v) is 1.28. The van der Waals surface area contributed by atoms with Crippen LogP contribution < -0.4 is 10.7 Å². The normalized spacial score (nSPS) is 8.35. The van der Waals surface area contributed by atoms with Crippen LogP contribution in [0.25, 0.3) is 11.0 Å². The first-order valence-electron chi connectivity index (χ1n) is 5.78. The van der Waals surface area contributed by atoms with Crippen LogP contribution >= 0.6 is 0 Å². The zero-order valence-electron chi connectivity index (χ0n) is 11.4. The Morgan fingerprint density at radius 1 is 1.12 bits per heavy atom. The van der Waals surface area contributed by atoms with Gasteiger partial charge in [0.25, 0.3) is 0 Å². The molecule has 1 aromatic heterocycles. The molecule has 0 saturated carbocycles. The standard InChI is InChI=1S/C9H10N2O.2C2H6.W/c1-6-3-4-7-8(5-6)11(2)9(12)10-7;2*1-2;/h3-5H,1-2H3,(H,10,12);2*1-2H3;/p-1. The molecule has 1 heterocycles. The van der Waals surface area contributed by atoms with Crippen LogP contribution in [-0.4, -0.2) is 4.57 Å². The average Bonchev–Trinajstić information content (AvgIpc) is 2.61. The van der Waals surface area contributed by atoms with Gasteiger partial charge in [-0.25, -0.2) is 0 Å². The molecule has 0 fully saturated rings. The molecule has 1 aromatic carbocycles. The Morgan fingerprint density at radius 2 is 1.65 bits per heavy atom. The second-order valence-electron chi connectivity index (χ2n) is 2.95. The molecule has 0 bridgehead atoms. The van der Waals surface area contributed by atoms with Crippen LogP contribution in [0, 0.1) is 6.92 Å². The predicted molar refractivity (Wildman–Crippen MR) is 69.9 cm³/mol. The molecule has 0 saturated heterocycles. The van der Waals surface area contributed by atoms with Gasteiger partial charge in [-0.1, -0.05) is 58.5 Å². The molecular weight excluding hydrogens is 384 g/mol. The fourth-order valence-electron chi connectivity index (χ4n) is 1.28. The van der Waals surface area contributed by atoms with E-state index in [9.17, 15) is 4.79 Å². The summed E-state index contributed by atoms with van der Waals surface area (Å²) in [6.07, 6.45) is 0. The summed E-state index contributed by atoms with van der Waals surface area (Å²) >= 11 is 0. The molecule has 0 spiro atoms. The minimum absolute atomic E-state index is 0. The molecule has 0 aliphatic carbocycles. The monoisotopic (exact) mass is 405 g/mol. The molecule has 2 aromatic rings. The molecule has 0 unspecified atom stereocenters. The fraction of sp³-hybridized carbons (Fsp3) is 0.462. The number of hydrogen-bond donors (Lipinski definition) is 0. The Bertz CT molecular complexity index is 486. The average molecular weight is 405 g/mol. The smallest absolute Gasteiger partial charge is 0.162 e. The van der Waals surface area contributed by atoms with E-state index in [1.807, 2.05) is 52.8 Å². The van der Waals surface area contributed by atoms with Crippen LogP contribution in [0.15, 0.2) is 23.0 Å². The van der Waals surface area contributed by atoms with E-state index in [1.165, 1.54) is 0 Å². The van der Waals surface area contributed by atoms with Gasteiger partial charge in [0, 0.05) is 21.1 Å². The Morgan fingerprint density at radius 3 is 2.18 bits per heavy atom. The van der Waals surface area contributed by atoms with Gasteiger partial charge in [-0.3, -0.25) is 4.79 Å². The van der Waals surface area contributed by atoms with Gasteiger partial charge in [-0.2, -0.15) is 0 Å². The van der Waals surface area contributed by atoms with Crippen LogP contribution in [0.1, 0.15) is 33.3 Å². The Hall–Kier alpha value is -0.822. The maximum absolute atomic E-state index is 11.1. The SMILES string of the molecule is CC.CC.Cc1ccc2[n-]c(=O)n(C)c2c1.[W]. The van der Waals surface area contributed by atoms with Crippen molar-refractivity contribution >= 4 is 11.0 Å². The topological polar surface area (TPSA) is 36.1 Å². The molecule has 96 valence electrons. The maximum atomic E-state index is 11.1. The third-order valence-corrected chi connectivity index (χ3v) is 2.00. The molecule has 0 aliphatic rings. The van der Waals surface area contributed by atoms with Crippen LogP contribution in [0.5, 0.6) is 0 Å². The van der Waals surface area contributed by atoms with E-state index in [-0.39, 0.29) is 26.8 Å². The van der Waals surface area contributed by atoms with Gasteiger partial charge in [-0.15, -0.1) is 0 Å². The zero-order chi connectivity index (χ0) is 12.7. The van der Waals surface area contributed by atoms with Gasteiger partial charge in [-0.05, 0) is 18.0 Å². The minimum atomic E-state index is -0.185. The Labute approximate surface area is 118 Å². The maximum Gasteiger partial charge on any atom is 0.162 e. The molecule has 0 aliphatic heterocycles. The summed E-state index contributed by atoms with van der Waals surface area (Å²) < 4.78 is 1.56. The van der Waals surface area contributed by atoms with Crippen LogP contribution in [0.4, 0.5) is 0 Å². The summed E-state index contributed by atoms with van der Waals surface area (Å²) in [4.78, 5) is 15.0. The Balaban J connectivity index is 0. The van der Waals surface area contributed by atoms with Crippen LogP contribution in [-0.2, 0) is 28.1 Å². The largest absolute Gasteiger partial charge is 0.413 e. The van der Waals surface area contributed by atoms with Crippen molar-refractivity contribution in [1.82, 2.24) is 9.55 Å². The van der Waals surface area contributed by atoms with E-state index in [0.29, 0.717) is 0 Å². The second-order valence-corrected chi connectivity index (χ2v) is 2.95. The number of imidazole rings is 1. The third-order valence-electron chi connectivity index (χ3n) is 2.00. The number of aryl methyl sites for hydroxylation is 2. The summed E-state index contributed by atoms with van der Waals surface area (Å²) in [5.41, 5.74) is 2.63. The van der Waals surface area contributed by atoms with Crippen molar-refractivity contribution < 1.29 is 21.1 Å². The van der Waals surface area contributed by atoms with Crippen molar-refractivity contribution in [3.8, 4) is 0 Å². The van der Waals surface area contributed by atoms with E-state index >= 15 is 0 Å². The first-order chi connectivity index (χ1) is 7.68. The zero-order valence-corrected chi connectivity index (χ0v) is 14.4. The van der Waals surface area contributed by atoms with E-state index in [2.05, 4.69) is 4.98 Å². The molecule has 0 atom stereocenters. The van der Waals surface area contributed by atoms with Crippen molar-refractivity contribution in [2.24, 2.45) is 7.05 Å². The van der Waals surface area contributed by atoms with Gasteiger partial charge in [0.05, 0.1) is 0 Å². The minimum Gasteiger partial charge on any atom is -0.413 e. The molecule has 2 rings (SSSR count). The molecule has 0 N–H and O–H groups in total. The summed E-state index contributed by atoms with van der Waals surface area (Å²) in [6, 6.07) is 5.78. The number of nitrogens with zero attached hydrogens (tertiary/aromatic N) is 2. The van der Waals surface area contributed by atoms with Crippen LogP contribution in [0.2, 0.25) is 0 Å². The summed E-state index contributed by atoms with van der Waals surface area (Å²) in [5.74, 6) is 0. The molecular formula is C13H21N2OW-. The van der Waals surface area contributed by atoms with E-state index in [4.69, 9.17) is 0 Å². The number of benzene rings is 1. The quantitative estimate of drug-likeness (QED) is 0.676. The second kappa shape index (κ2) is 9.23. The van der Waals surface area contributed by atoms with Gasteiger partial charge in [0.15, 0.2) is 5.69 Å². The van der Waals surface area contributed by atoms with Crippen molar-refractivity contribution in [1.29, 1.82) is 0 Å². The first-order valence-corrected chi connectivity index (χ1v) is 5.78. The molecule has 4 heteroatoms. The Kier molecular flexibility index (Phi) is 10.1.